The van der Waals surface area contributed by atoms with Crippen LogP contribution in [0.25, 0.3) is 28.2 Å². The molecule has 5 rings (SSSR count). The highest BCUT2D eigenvalue weighted by Crippen LogP contribution is 2.40. The van der Waals surface area contributed by atoms with Crippen molar-refractivity contribution in [1.29, 1.82) is 0 Å². The maximum Gasteiger partial charge on any atom is 0.335 e. The molecule has 0 saturated heterocycles. The number of rotatable bonds is 4. The third-order valence-electron chi connectivity index (χ3n) is 4.97. The number of nitrogen functional groups attached to an aromatic ring is 1. The zero-order valence-corrected chi connectivity index (χ0v) is 14.9. The first-order valence-electron chi connectivity index (χ1n) is 9.06. The lowest BCUT2D eigenvalue weighted by atomic mass is 10.2. The summed E-state index contributed by atoms with van der Waals surface area (Å²) < 4.78 is 1.92. The average molecular weight is 371 g/mol. The summed E-state index contributed by atoms with van der Waals surface area (Å²) in [7, 11) is 0. The predicted octanol–water partition coefficient (Wildman–Crippen LogP) is 3.64. The number of aromatic nitrogens is 4. The van der Waals surface area contributed by atoms with Gasteiger partial charge in [0.1, 0.15) is 11.3 Å². The Kier molecular flexibility index (Phi) is 3.61. The van der Waals surface area contributed by atoms with Crippen molar-refractivity contribution in [3.8, 4) is 17.1 Å². The summed E-state index contributed by atoms with van der Waals surface area (Å²) in [5, 5.41) is 9.20. The zero-order chi connectivity index (χ0) is 19.3. The van der Waals surface area contributed by atoms with Crippen molar-refractivity contribution in [2.75, 3.05) is 5.73 Å². The van der Waals surface area contributed by atoms with Crippen LogP contribution in [0.5, 0.6) is 0 Å². The van der Waals surface area contributed by atoms with Crippen LogP contribution in [0.3, 0.4) is 0 Å². The number of pyridine rings is 2. The van der Waals surface area contributed by atoms with Crippen molar-refractivity contribution in [2.45, 2.75) is 18.8 Å². The van der Waals surface area contributed by atoms with Gasteiger partial charge in [-0.05, 0) is 61.4 Å². The van der Waals surface area contributed by atoms with Gasteiger partial charge in [-0.15, -0.1) is 0 Å². The minimum absolute atomic E-state index is 0.224. The molecular weight excluding hydrogens is 354 g/mol. The summed E-state index contributed by atoms with van der Waals surface area (Å²) in [4.78, 5) is 25.0. The summed E-state index contributed by atoms with van der Waals surface area (Å²) in [5.74, 6) is 0.551. The summed E-state index contributed by atoms with van der Waals surface area (Å²) >= 11 is 0. The predicted molar refractivity (Wildman–Crippen MR) is 105 cm³/mol. The van der Waals surface area contributed by atoms with Crippen LogP contribution in [0.1, 0.15) is 34.8 Å². The Hall–Kier alpha value is -3.74. The first-order valence-corrected chi connectivity index (χ1v) is 9.06. The largest absolute Gasteiger partial charge is 0.478 e. The standard InChI is InChI=1S/C21H17N5O2/c22-18-15(2-1-11-23-18)19-25-17-10-9-16(12-3-4-12)24-20(17)26(19)14-7-5-13(6-8-14)21(27)28/h1-2,5-12H,3-4H2,(H2,22,23)(H,27,28). The van der Waals surface area contributed by atoms with Crippen LogP contribution in [0.4, 0.5) is 5.82 Å². The molecule has 0 unspecified atom stereocenters. The smallest absolute Gasteiger partial charge is 0.335 e. The topological polar surface area (TPSA) is 107 Å². The Bertz CT molecular complexity index is 1210. The van der Waals surface area contributed by atoms with Gasteiger partial charge in [-0.1, -0.05) is 0 Å². The highest BCUT2D eigenvalue weighted by Gasteiger charge is 2.26. The molecule has 0 bridgehead atoms. The molecule has 7 heteroatoms. The van der Waals surface area contributed by atoms with E-state index in [9.17, 15) is 9.90 Å². The zero-order valence-electron chi connectivity index (χ0n) is 14.9. The van der Waals surface area contributed by atoms with E-state index in [1.165, 1.54) is 0 Å². The molecule has 1 saturated carbocycles. The van der Waals surface area contributed by atoms with E-state index < -0.39 is 5.97 Å². The second-order valence-electron chi connectivity index (χ2n) is 6.91. The molecule has 138 valence electrons. The second kappa shape index (κ2) is 6.16. The van der Waals surface area contributed by atoms with Crippen LogP contribution >= 0.6 is 0 Å². The number of fused-ring (bicyclic) bond motifs is 1. The number of carboxylic acids is 1. The number of hydrogen-bond acceptors (Lipinski definition) is 5. The molecule has 28 heavy (non-hydrogen) atoms. The van der Waals surface area contributed by atoms with Gasteiger partial charge in [0, 0.05) is 23.5 Å². The fraction of sp³-hybridized carbons (Fsp3) is 0.143. The van der Waals surface area contributed by atoms with E-state index in [0.717, 1.165) is 35.4 Å². The highest BCUT2D eigenvalue weighted by molar-refractivity contribution is 5.88. The van der Waals surface area contributed by atoms with E-state index in [4.69, 9.17) is 15.7 Å². The maximum absolute atomic E-state index is 11.2. The molecule has 3 heterocycles. The van der Waals surface area contributed by atoms with E-state index in [1.807, 2.05) is 28.8 Å². The van der Waals surface area contributed by atoms with Gasteiger partial charge in [-0.3, -0.25) is 4.57 Å². The second-order valence-corrected chi connectivity index (χ2v) is 6.91. The van der Waals surface area contributed by atoms with Gasteiger partial charge >= 0.3 is 5.97 Å². The molecule has 1 aliphatic rings. The number of anilines is 1. The Morgan fingerprint density at radius 1 is 1.07 bits per heavy atom. The number of nitrogens with zero attached hydrogens (tertiary/aromatic N) is 4. The van der Waals surface area contributed by atoms with Crippen LogP contribution in [-0.2, 0) is 0 Å². The molecule has 3 aromatic heterocycles. The molecule has 3 N–H and O–H groups in total. The van der Waals surface area contributed by atoms with Crippen molar-refractivity contribution in [3.63, 3.8) is 0 Å². The Morgan fingerprint density at radius 3 is 2.54 bits per heavy atom. The van der Waals surface area contributed by atoms with E-state index in [-0.39, 0.29) is 5.56 Å². The quantitative estimate of drug-likeness (QED) is 0.567. The summed E-state index contributed by atoms with van der Waals surface area (Å²) in [6.45, 7) is 0. The van der Waals surface area contributed by atoms with E-state index in [1.54, 1.807) is 30.5 Å². The monoisotopic (exact) mass is 371 g/mol. The molecule has 1 aliphatic carbocycles. The van der Waals surface area contributed by atoms with E-state index >= 15 is 0 Å². The van der Waals surface area contributed by atoms with Crippen LogP contribution in [0.15, 0.2) is 54.7 Å². The van der Waals surface area contributed by atoms with Crippen molar-refractivity contribution >= 4 is 23.0 Å². The van der Waals surface area contributed by atoms with Crippen LogP contribution < -0.4 is 5.73 Å². The van der Waals surface area contributed by atoms with Gasteiger partial charge in [0.15, 0.2) is 11.5 Å². The highest BCUT2D eigenvalue weighted by atomic mass is 16.4. The first kappa shape index (κ1) is 16.4. The number of nitrogens with two attached hydrogens (primary N) is 1. The number of imidazole rings is 1. The van der Waals surface area contributed by atoms with Crippen molar-refractivity contribution in [2.24, 2.45) is 0 Å². The van der Waals surface area contributed by atoms with Crippen LogP contribution in [0, 0.1) is 0 Å². The lowest BCUT2D eigenvalue weighted by molar-refractivity contribution is 0.0697. The van der Waals surface area contributed by atoms with Crippen molar-refractivity contribution in [3.05, 3.63) is 66.0 Å². The van der Waals surface area contributed by atoms with Gasteiger partial charge in [-0.2, -0.15) is 0 Å². The number of carbonyl (C=O) groups is 1. The van der Waals surface area contributed by atoms with Gasteiger partial charge < -0.3 is 10.8 Å². The van der Waals surface area contributed by atoms with Gasteiger partial charge in [-0.25, -0.2) is 19.7 Å². The van der Waals surface area contributed by atoms with E-state index in [0.29, 0.717) is 23.1 Å². The van der Waals surface area contributed by atoms with Crippen molar-refractivity contribution < 1.29 is 9.90 Å². The molecule has 1 aromatic carbocycles. The average Bonchev–Trinajstić information content (AvgIpc) is 3.49. The minimum Gasteiger partial charge on any atom is -0.478 e. The molecule has 0 spiro atoms. The normalized spacial score (nSPS) is 13.7. The SMILES string of the molecule is Nc1ncccc1-c1nc2ccc(C3CC3)nc2n1-c1ccc(C(=O)O)cc1. The van der Waals surface area contributed by atoms with Gasteiger partial charge in [0.25, 0.3) is 0 Å². The molecular formula is C21H17N5O2. The lowest BCUT2D eigenvalue weighted by Gasteiger charge is -2.11. The summed E-state index contributed by atoms with van der Waals surface area (Å²) in [6.07, 6.45) is 3.95. The third kappa shape index (κ3) is 2.68. The number of hydrogen-bond donors (Lipinski definition) is 2. The molecule has 0 aliphatic heterocycles. The molecule has 0 radical (unpaired) electrons. The number of carboxylic acid groups (broad SMARTS) is 1. The third-order valence-corrected chi connectivity index (χ3v) is 4.97. The summed E-state index contributed by atoms with van der Waals surface area (Å²) in [6, 6.07) is 14.3. The first-order chi connectivity index (χ1) is 13.6. The Morgan fingerprint density at radius 2 is 1.86 bits per heavy atom. The lowest BCUT2D eigenvalue weighted by Crippen LogP contribution is -2.03. The molecule has 1 fully saturated rings. The molecule has 0 atom stereocenters. The summed E-state index contributed by atoms with van der Waals surface area (Å²) in [5.41, 5.74) is 10.3. The maximum atomic E-state index is 11.2. The van der Waals surface area contributed by atoms with Gasteiger partial charge in [0.05, 0.1) is 11.1 Å². The molecule has 4 aromatic rings. The molecule has 0 amide bonds. The molecule has 7 nitrogen and oxygen atoms in total. The Labute approximate surface area is 160 Å². The fourth-order valence-electron chi connectivity index (χ4n) is 3.36. The van der Waals surface area contributed by atoms with Crippen molar-refractivity contribution in [1.82, 2.24) is 19.5 Å². The number of benzene rings is 1. The minimum atomic E-state index is -0.965. The van der Waals surface area contributed by atoms with Gasteiger partial charge in [0.2, 0.25) is 0 Å². The Balaban J connectivity index is 1.78. The van der Waals surface area contributed by atoms with Crippen LogP contribution in [-0.4, -0.2) is 30.6 Å². The fourth-order valence-corrected chi connectivity index (χ4v) is 3.36. The van der Waals surface area contributed by atoms with Crippen LogP contribution in [0.2, 0.25) is 0 Å². The number of aromatic carboxylic acids is 1. The van der Waals surface area contributed by atoms with E-state index in [2.05, 4.69) is 4.98 Å².